The molecule has 1 rings (SSSR count). The van der Waals surface area contributed by atoms with Crippen LogP contribution in [0.4, 0.5) is 0 Å². The lowest BCUT2D eigenvalue weighted by molar-refractivity contribution is -0.128. The number of halogens is 1. The average Bonchev–Trinajstić information content (AvgIpc) is 2.92. The van der Waals surface area contributed by atoms with E-state index >= 15 is 0 Å². The molecule has 1 amide bonds. The molecule has 0 radical (unpaired) electrons. The van der Waals surface area contributed by atoms with Crippen LogP contribution in [0, 0.1) is 5.41 Å². The van der Waals surface area contributed by atoms with E-state index in [2.05, 4.69) is 27.9 Å². The number of nitrogens with zero attached hydrogens (tertiary/aromatic N) is 1. The molecule has 1 atom stereocenters. The monoisotopic (exact) mass is 442 g/mol. The number of hydrogen-bond donors (Lipinski definition) is 3. The first-order chi connectivity index (χ1) is 9.93. The summed E-state index contributed by atoms with van der Waals surface area (Å²) < 4.78 is 0. The van der Waals surface area contributed by atoms with E-state index in [0.717, 1.165) is 19.0 Å². The summed E-state index contributed by atoms with van der Waals surface area (Å²) in [6, 6.07) is 0. The molecule has 5 nitrogen and oxygen atoms in total. The number of guanidine groups is 1. The molecule has 1 saturated heterocycles. The van der Waals surface area contributed by atoms with Gasteiger partial charge >= 0.3 is 0 Å². The highest BCUT2D eigenvalue weighted by Crippen LogP contribution is 2.25. The highest BCUT2D eigenvalue weighted by Gasteiger charge is 2.20. The third-order valence-corrected chi connectivity index (χ3v) is 4.59. The first-order valence-electron chi connectivity index (χ1n) is 7.85. The highest BCUT2D eigenvalue weighted by molar-refractivity contribution is 14.0. The second-order valence-corrected chi connectivity index (χ2v) is 7.70. The summed E-state index contributed by atoms with van der Waals surface area (Å²) in [7, 11) is 0. The fourth-order valence-electron chi connectivity index (χ4n) is 1.95. The maximum atomic E-state index is 11.7. The van der Waals surface area contributed by atoms with E-state index in [1.807, 2.05) is 32.5 Å². The van der Waals surface area contributed by atoms with E-state index in [-0.39, 0.29) is 35.3 Å². The number of thioether (sulfide) groups is 1. The van der Waals surface area contributed by atoms with E-state index in [0.29, 0.717) is 18.3 Å². The molecule has 0 aromatic heterocycles. The smallest absolute Gasteiger partial charge is 0.225 e. The van der Waals surface area contributed by atoms with Gasteiger partial charge in [-0.3, -0.25) is 9.79 Å². The summed E-state index contributed by atoms with van der Waals surface area (Å²) in [5.41, 5.74) is -0.335. The van der Waals surface area contributed by atoms with Crippen molar-refractivity contribution in [3.05, 3.63) is 0 Å². The van der Waals surface area contributed by atoms with E-state index in [9.17, 15) is 4.79 Å². The molecule has 0 saturated carbocycles. The molecule has 3 N–H and O–H groups in total. The number of carbonyl (C=O) groups is 1. The number of carbonyl (C=O) groups excluding carboxylic acids is 1. The lowest BCUT2D eigenvalue weighted by Gasteiger charge is -2.18. The van der Waals surface area contributed by atoms with Crippen molar-refractivity contribution in [2.75, 3.05) is 31.9 Å². The Morgan fingerprint density at radius 3 is 2.45 bits per heavy atom. The maximum Gasteiger partial charge on any atom is 0.225 e. The topological polar surface area (TPSA) is 65.5 Å². The third-order valence-electron chi connectivity index (χ3n) is 3.21. The van der Waals surface area contributed by atoms with Crippen molar-refractivity contribution in [1.29, 1.82) is 0 Å². The minimum Gasteiger partial charge on any atom is -0.357 e. The summed E-state index contributed by atoms with van der Waals surface area (Å²) in [5.74, 6) is 2.19. The fraction of sp³-hybridized carbons (Fsp3) is 0.867. The van der Waals surface area contributed by atoms with E-state index in [1.165, 1.54) is 18.6 Å². The van der Waals surface area contributed by atoms with Crippen LogP contribution < -0.4 is 16.0 Å². The van der Waals surface area contributed by atoms with Gasteiger partial charge in [-0.25, -0.2) is 0 Å². The van der Waals surface area contributed by atoms with Crippen molar-refractivity contribution in [3.8, 4) is 0 Å². The molecule has 0 aromatic carbocycles. The zero-order valence-electron chi connectivity index (χ0n) is 14.2. The largest absolute Gasteiger partial charge is 0.357 e. The standard InChI is InChI=1S/C15H30N4OS.HI/c1-5-16-14(19-11-12-7-6-10-21-12)18-9-8-17-13(20)15(2,3)4;/h12H,5-11H2,1-4H3,(H,17,20)(H2,16,18,19);1H. The quantitative estimate of drug-likeness (QED) is 0.256. The second kappa shape index (κ2) is 11.4. The van der Waals surface area contributed by atoms with Crippen LogP contribution in [0.2, 0.25) is 0 Å². The van der Waals surface area contributed by atoms with Gasteiger partial charge in [-0.05, 0) is 25.5 Å². The third kappa shape index (κ3) is 9.07. The molecule has 1 aliphatic heterocycles. The predicted molar refractivity (Wildman–Crippen MR) is 107 cm³/mol. The Morgan fingerprint density at radius 2 is 1.91 bits per heavy atom. The zero-order chi connectivity index (χ0) is 15.7. The molecule has 22 heavy (non-hydrogen) atoms. The zero-order valence-corrected chi connectivity index (χ0v) is 17.3. The Balaban J connectivity index is 0.00000441. The lowest BCUT2D eigenvalue weighted by Crippen LogP contribution is -2.43. The van der Waals surface area contributed by atoms with Gasteiger partial charge in [0.05, 0.1) is 6.54 Å². The normalized spacial score (nSPS) is 18.5. The first kappa shape index (κ1) is 21.8. The molecule has 1 aliphatic rings. The van der Waals surface area contributed by atoms with Crippen molar-refractivity contribution >= 4 is 47.6 Å². The Bertz CT molecular complexity index is 352. The van der Waals surface area contributed by atoms with Crippen LogP contribution in [0.3, 0.4) is 0 Å². The minimum atomic E-state index is -0.335. The molecule has 1 unspecified atom stereocenters. The molecule has 0 spiro atoms. The molecular formula is C15H31IN4OS. The van der Waals surface area contributed by atoms with Crippen molar-refractivity contribution in [2.24, 2.45) is 10.4 Å². The molecule has 0 aromatic rings. The number of hydrogen-bond acceptors (Lipinski definition) is 3. The summed E-state index contributed by atoms with van der Waals surface area (Å²) in [6.07, 6.45) is 2.59. The summed E-state index contributed by atoms with van der Waals surface area (Å²) in [6.45, 7) is 10.8. The second-order valence-electron chi connectivity index (χ2n) is 6.29. The van der Waals surface area contributed by atoms with Gasteiger partial charge < -0.3 is 16.0 Å². The Morgan fingerprint density at radius 1 is 1.23 bits per heavy atom. The molecule has 0 aliphatic carbocycles. The predicted octanol–water partition coefficient (Wildman–Crippen LogP) is 2.22. The molecule has 1 fully saturated rings. The average molecular weight is 442 g/mol. The number of aliphatic imine (C=N–C) groups is 1. The SMILES string of the molecule is CCNC(=NCC1CCCS1)NCCNC(=O)C(C)(C)C.I. The van der Waals surface area contributed by atoms with Crippen LogP contribution in [0.15, 0.2) is 4.99 Å². The highest BCUT2D eigenvalue weighted by atomic mass is 127. The van der Waals surface area contributed by atoms with Crippen LogP contribution >= 0.6 is 35.7 Å². The van der Waals surface area contributed by atoms with Crippen LogP contribution in [-0.2, 0) is 4.79 Å². The summed E-state index contributed by atoms with van der Waals surface area (Å²) in [5, 5.41) is 10.1. The van der Waals surface area contributed by atoms with E-state index in [1.54, 1.807) is 0 Å². The molecule has 0 bridgehead atoms. The number of rotatable bonds is 6. The summed E-state index contributed by atoms with van der Waals surface area (Å²) >= 11 is 2.02. The van der Waals surface area contributed by atoms with Crippen molar-refractivity contribution in [3.63, 3.8) is 0 Å². The molecule has 130 valence electrons. The molecule has 7 heteroatoms. The van der Waals surface area contributed by atoms with Gasteiger partial charge in [-0.1, -0.05) is 20.8 Å². The number of amides is 1. The summed E-state index contributed by atoms with van der Waals surface area (Å²) in [4.78, 5) is 16.4. The van der Waals surface area contributed by atoms with Gasteiger partial charge in [0.25, 0.3) is 0 Å². The minimum absolute atomic E-state index is 0. The van der Waals surface area contributed by atoms with Gasteiger partial charge in [-0.15, -0.1) is 24.0 Å². The number of nitrogens with one attached hydrogen (secondary N) is 3. The fourth-order valence-corrected chi connectivity index (χ4v) is 3.13. The Hall–Kier alpha value is -0.180. The molecule has 1 heterocycles. The van der Waals surface area contributed by atoms with Crippen molar-refractivity contribution < 1.29 is 4.79 Å². The Kier molecular flexibility index (Phi) is 11.3. The molecular weight excluding hydrogens is 411 g/mol. The van der Waals surface area contributed by atoms with Gasteiger partial charge in [0, 0.05) is 30.3 Å². The van der Waals surface area contributed by atoms with Gasteiger partial charge in [-0.2, -0.15) is 11.8 Å². The first-order valence-corrected chi connectivity index (χ1v) is 8.90. The maximum absolute atomic E-state index is 11.7. The van der Waals surface area contributed by atoms with E-state index < -0.39 is 0 Å². The Labute approximate surface area is 156 Å². The van der Waals surface area contributed by atoms with Crippen LogP contribution in [-0.4, -0.2) is 49.0 Å². The van der Waals surface area contributed by atoms with Crippen molar-refractivity contribution in [1.82, 2.24) is 16.0 Å². The van der Waals surface area contributed by atoms with Gasteiger partial charge in [0.1, 0.15) is 0 Å². The van der Waals surface area contributed by atoms with Crippen LogP contribution in [0.1, 0.15) is 40.5 Å². The van der Waals surface area contributed by atoms with Gasteiger partial charge in [0.2, 0.25) is 5.91 Å². The van der Waals surface area contributed by atoms with Gasteiger partial charge in [0.15, 0.2) is 5.96 Å². The van der Waals surface area contributed by atoms with Crippen LogP contribution in [0.5, 0.6) is 0 Å². The lowest BCUT2D eigenvalue weighted by atomic mass is 9.96. The van der Waals surface area contributed by atoms with Crippen LogP contribution in [0.25, 0.3) is 0 Å². The van der Waals surface area contributed by atoms with Crippen molar-refractivity contribution in [2.45, 2.75) is 45.8 Å². The van der Waals surface area contributed by atoms with E-state index in [4.69, 9.17) is 0 Å².